The van der Waals surface area contributed by atoms with Crippen LogP contribution in [0, 0.1) is 13.8 Å². The molecule has 0 spiro atoms. The molecule has 1 aliphatic rings. The molecule has 0 N–H and O–H groups in total. The molecular formula is C12H20ClN3O3S. The van der Waals surface area contributed by atoms with Crippen molar-refractivity contribution in [1.29, 1.82) is 0 Å². The zero-order valence-electron chi connectivity index (χ0n) is 12.0. The largest absolute Gasteiger partial charge is 0.380 e. The second-order valence-electron chi connectivity index (χ2n) is 4.95. The van der Waals surface area contributed by atoms with Gasteiger partial charge in [0, 0.05) is 19.5 Å². The summed E-state index contributed by atoms with van der Waals surface area (Å²) >= 11 is 5.71. The molecule has 6 nitrogen and oxygen atoms in total. The maximum absolute atomic E-state index is 12.8. The lowest BCUT2D eigenvalue weighted by Crippen LogP contribution is -2.37. The summed E-state index contributed by atoms with van der Waals surface area (Å²) in [5.41, 5.74) is 1.15. The Labute approximate surface area is 124 Å². The standard InChI is InChI=1S/C12H20ClN3O3S/c1-9-12(10(2)16(14-9)6-5-13)20(17,18)15(3)11-4-7-19-8-11/h11H,4-8H2,1-3H3. The number of ether oxygens (including phenoxy) is 1. The Morgan fingerprint density at radius 3 is 2.75 bits per heavy atom. The number of aromatic nitrogens is 2. The molecule has 1 aromatic rings. The lowest BCUT2D eigenvalue weighted by atomic mass is 10.3. The fourth-order valence-corrected chi connectivity index (χ4v) is 4.40. The van der Waals surface area contributed by atoms with Gasteiger partial charge in [0.15, 0.2) is 0 Å². The van der Waals surface area contributed by atoms with Crippen LogP contribution in [-0.2, 0) is 21.3 Å². The van der Waals surface area contributed by atoms with Crippen LogP contribution in [0.1, 0.15) is 17.8 Å². The number of sulfonamides is 1. The van der Waals surface area contributed by atoms with Crippen molar-refractivity contribution in [3.63, 3.8) is 0 Å². The van der Waals surface area contributed by atoms with Crippen LogP contribution in [0.3, 0.4) is 0 Å². The lowest BCUT2D eigenvalue weighted by molar-refractivity contribution is 0.181. The van der Waals surface area contributed by atoms with Crippen LogP contribution < -0.4 is 0 Å². The maximum Gasteiger partial charge on any atom is 0.246 e. The number of aryl methyl sites for hydroxylation is 2. The highest BCUT2D eigenvalue weighted by atomic mass is 35.5. The van der Waals surface area contributed by atoms with Crippen molar-refractivity contribution in [1.82, 2.24) is 14.1 Å². The molecular weight excluding hydrogens is 302 g/mol. The minimum Gasteiger partial charge on any atom is -0.380 e. The molecule has 20 heavy (non-hydrogen) atoms. The number of likely N-dealkylation sites (N-methyl/N-ethyl adjacent to an activating group) is 1. The monoisotopic (exact) mass is 321 g/mol. The van der Waals surface area contributed by atoms with Crippen molar-refractivity contribution < 1.29 is 13.2 Å². The van der Waals surface area contributed by atoms with Gasteiger partial charge in [-0.15, -0.1) is 11.6 Å². The zero-order valence-corrected chi connectivity index (χ0v) is 13.5. The van der Waals surface area contributed by atoms with Gasteiger partial charge in [0.05, 0.1) is 30.6 Å². The SMILES string of the molecule is Cc1nn(CCCl)c(C)c1S(=O)(=O)N(C)C1CCOC1. The molecule has 1 unspecified atom stereocenters. The Morgan fingerprint density at radius 2 is 2.20 bits per heavy atom. The van der Waals surface area contributed by atoms with Crippen LogP contribution in [-0.4, -0.2) is 54.7 Å². The van der Waals surface area contributed by atoms with Gasteiger partial charge in [-0.25, -0.2) is 8.42 Å². The average molecular weight is 322 g/mol. The van der Waals surface area contributed by atoms with Crippen molar-refractivity contribution in [3.8, 4) is 0 Å². The van der Waals surface area contributed by atoms with Gasteiger partial charge >= 0.3 is 0 Å². The molecule has 114 valence electrons. The second-order valence-corrected chi connectivity index (χ2v) is 7.26. The average Bonchev–Trinajstić information content (AvgIpc) is 2.98. The molecule has 2 heterocycles. The summed E-state index contributed by atoms with van der Waals surface area (Å²) in [7, 11) is -1.95. The summed E-state index contributed by atoms with van der Waals surface area (Å²) in [6.45, 7) is 5.03. The van der Waals surface area contributed by atoms with Gasteiger partial charge in [-0.05, 0) is 20.3 Å². The Bertz CT molecular complexity index is 579. The van der Waals surface area contributed by atoms with E-state index in [1.165, 1.54) is 4.31 Å². The number of alkyl halides is 1. The smallest absolute Gasteiger partial charge is 0.246 e. The van der Waals surface area contributed by atoms with E-state index in [0.717, 1.165) is 6.42 Å². The van der Waals surface area contributed by atoms with Crippen LogP contribution >= 0.6 is 11.6 Å². The highest BCUT2D eigenvalue weighted by Crippen LogP contribution is 2.26. The maximum atomic E-state index is 12.8. The summed E-state index contributed by atoms with van der Waals surface area (Å²) in [5, 5.41) is 4.27. The van der Waals surface area contributed by atoms with E-state index in [2.05, 4.69) is 5.10 Å². The molecule has 1 fully saturated rings. The fourth-order valence-electron chi connectivity index (χ4n) is 2.50. The third-order valence-electron chi connectivity index (χ3n) is 3.67. The van der Waals surface area contributed by atoms with Crippen molar-refractivity contribution in [2.45, 2.75) is 37.8 Å². The molecule has 2 rings (SSSR count). The number of halogens is 1. The third-order valence-corrected chi connectivity index (χ3v) is 6.00. The molecule has 0 aromatic carbocycles. The predicted octanol–water partition coefficient (Wildman–Crippen LogP) is 1.15. The van der Waals surface area contributed by atoms with Crippen molar-refractivity contribution in [2.75, 3.05) is 26.1 Å². The van der Waals surface area contributed by atoms with E-state index in [1.54, 1.807) is 25.6 Å². The summed E-state index contributed by atoms with van der Waals surface area (Å²) in [6.07, 6.45) is 0.726. The molecule has 1 atom stereocenters. The van der Waals surface area contributed by atoms with Crippen molar-refractivity contribution >= 4 is 21.6 Å². The van der Waals surface area contributed by atoms with E-state index in [1.807, 2.05) is 0 Å². The molecule has 1 aliphatic heterocycles. The molecule has 8 heteroatoms. The highest BCUT2D eigenvalue weighted by Gasteiger charge is 2.34. The lowest BCUT2D eigenvalue weighted by Gasteiger charge is -2.22. The van der Waals surface area contributed by atoms with Crippen LogP contribution in [0.15, 0.2) is 4.90 Å². The third kappa shape index (κ3) is 2.72. The van der Waals surface area contributed by atoms with Crippen LogP contribution in [0.5, 0.6) is 0 Å². The van der Waals surface area contributed by atoms with Crippen LogP contribution in [0.25, 0.3) is 0 Å². The summed E-state index contributed by atoms with van der Waals surface area (Å²) in [4.78, 5) is 0.289. The Hall–Kier alpha value is -0.630. The van der Waals surface area contributed by atoms with E-state index in [9.17, 15) is 8.42 Å². The summed E-state index contributed by atoms with van der Waals surface area (Å²) in [5.74, 6) is 0.397. The molecule has 0 saturated carbocycles. The van der Waals surface area contributed by atoms with E-state index in [0.29, 0.717) is 37.0 Å². The molecule has 0 amide bonds. The number of nitrogens with zero attached hydrogens (tertiary/aromatic N) is 3. The number of hydrogen-bond donors (Lipinski definition) is 0. The fraction of sp³-hybridized carbons (Fsp3) is 0.750. The minimum absolute atomic E-state index is 0.102. The summed E-state index contributed by atoms with van der Waals surface area (Å²) < 4.78 is 33.8. The Balaban J connectivity index is 2.38. The van der Waals surface area contributed by atoms with Gasteiger partial charge in [0.1, 0.15) is 4.90 Å². The van der Waals surface area contributed by atoms with Crippen LogP contribution in [0.4, 0.5) is 0 Å². The predicted molar refractivity (Wildman–Crippen MR) is 76.6 cm³/mol. The molecule has 0 radical (unpaired) electrons. The van der Waals surface area contributed by atoms with Gasteiger partial charge in [0.2, 0.25) is 10.0 Å². The van der Waals surface area contributed by atoms with E-state index >= 15 is 0 Å². The van der Waals surface area contributed by atoms with Crippen molar-refractivity contribution in [3.05, 3.63) is 11.4 Å². The van der Waals surface area contributed by atoms with Crippen molar-refractivity contribution in [2.24, 2.45) is 0 Å². The van der Waals surface area contributed by atoms with Gasteiger partial charge in [-0.1, -0.05) is 0 Å². The molecule has 1 saturated heterocycles. The van der Waals surface area contributed by atoms with Gasteiger partial charge < -0.3 is 4.74 Å². The molecule has 0 aliphatic carbocycles. The second kappa shape index (κ2) is 6.01. The molecule has 1 aromatic heterocycles. The first-order chi connectivity index (χ1) is 9.39. The zero-order chi connectivity index (χ0) is 14.9. The minimum atomic E-state index is -3.55. The van der Waals surface area contributed by atoms with Crippen LogP contribution in [0.2, 0.25) is 0 Å². The quantitative estimate of drug-likeness (QED) is 0.763. The van der Waals surface area contributed by atoms with Gasteiger partial charge in [-0.2, -0.15) is 9.40 Å². The van der Waals surface area contributed by atoms with E-state index < -0.39 is 10.0 Å². The highest BCUT2D eigenvalue weighted by molar-refractivity contribution is 7.89. The summed E-state index contributed by atoms with van der Waals surface area (Å²) in [6, 6.07) is -0.102. The first kappa shape index (κ1) is 15.8. The number of hydrogen-bond acceptors (Lipinski definition) is 4. The first-order valence-corrected chi connectivity index (χ1v) is 8.52. The normalized spacial score (nSPS) is 19.9. The van der Waals surface area contributed by atoms with Gasteiger partial charge in [-0.3, -0.25) is 4.68 Å². The topological polar surface area (TPSA) is 64.4 Å². The first-order valence-electron chi connectivity index (χ1n) is 6.55. The Kier molecular flexibility index (Phi) is 4.73. The van der Waals surface area contributed by atoms with Gasteiger partial charge in [0.25, 0.3) is 0 Å². The van der Waals surface area contributed by atoms with E-state index in [4.69, 9.17) is 16.3 Å². The molecule has 0 bridgehead atoms. The number of rotatable bonds is 5. The van der Waals surface area contributed by atoms with E-state index in [-0.39, 0.29) is 10.9 Å². The Morgan fingerprint density at radius 1 is 1.50 bits per heavy atom.